The first kappa shape index (κ1) is 13.1. The van der Waals surface area contributed by atoms with Gasteiger partial charge in [-0.1, -0.05) is 36.4 Å². The van der Waals surface area contributed by atoms with E-state index in [1.807, 2.05) is 48.5 Å². The fourth-order valence-corrected chi connectivity index (χ4v) is 1.72. The molecule has 2 aromatic carbocycles. The smallest absolute Gasteiger partial charge is 0.193 e. The Balaban J connectivity index is 2.06. The lowest BCUT2D eigenvalue weighted by Gasteiger charge is -2.05. The van der Waals surface area contributed by atoms with Crippen LogP contribution >= 0.6 is 0 Å². The third kappa shape index (κ3) is 3.55. The molecule has 0 spiro atoms. The molecule has 2 aromatic rings. The van der Waals surface area contributed by atoms with Crippen LogP contribution in [0.1, 0.15) is 22.3 Å². The van der Waals surface area contributed by atoms with Crippen molar-refractivity contribution >= 4 is 5.78 Å². The van der Waals surface area contributed by atoms with Crippen molar-refractivity contribution in [1.29, 1.82) is 0 Å². The highest BCUT2D eigenvalue weighted by Gasteiger charge is 2.07. The molecular weight excluding hydrogens is 236 g/mol. The number of benzene rings is 2. The second-order valence-electron chi connectivity index (χ2n) is 4.15. The lowest BCUT2D eigenvalue weighted by Crippen LogP contribution is -2.01. The van der Waals surface area contributed by atoms with Crippen LogP contribution in [0.4, 0.5) is 0 Å². The van der Waals surface area contributed by atoms with Crippen LogP contribution in [0.15, 0.2) is 67.3 Å². The van der Waals surface area contributed by atoms with E-state index in [0.717, 1.165) is 12.2 Å². The van der Waals surface area contributed by atoms with Crippen molar-refractivity contribution in [2.75, 3.05) is 6.61 Å². The molecule has 2 heteroatoms. The Morgan fingerprint density at radius 3 is 2.26 bits per heavy atom. The third-order valence-corrected chi connectivity index (χ3v) is 2.74. The highest BCUT2D eigenvalue weighted by Crippen LogP contribution is 2.15. The average molecular weight is 252 g/mol. The molecule has 0 heterocycles. The van der Waals surface area contributed by atoms with Gasteiger partial charge < -0.3 is 4.74 Å². The minimum absolute atomic E-state index is 0.0261. The van der Waals surface area contributed by atoms with Crippen LogP contribution in [-0.4, -0.2) is 12.4 Å². The van der Waals surface area contributed by atoms with Crippen molar-refractivity contribution in [1.82, 2.24) is 0 Å². The van der Waals surface area contributed by atoms with Gasteiger partial charge in [0.2, 0.25) is 0 Å². The summed E-state index contributed by atoms with van der Waals surface area (Å²) in [5, 5.41) is 0. The fourth-order valence-electron chi connectivity index (χ4n) is 1.72. The second-order valence-corrected chi connectivity index (χ2v) is 4.15. The van der Waals surface area contributed by atoms with E-state index < -0.39 is 0 Å². The van der Waals surface area contributed by atoms with Gasteiger partial charge in [0.05, 0.1) is 6.61 Å². The first-order valence-corrected chi connectivity index (χ1v) is 6.25. The number of rotatable bonds is 6. The highest BCUT2D eigenvalue weighted by atomic mass is 16.5. The van der Waals surface area contributed by atoms with Crippen molar-refractivity contribution in [3.63, 3.8) is 0 Å². The van der Waals surface area contributed by atoms with Crippen LogP contribution < -0.4 is 4.74 Å². The first-order valence-electron chi connectivity index (χ1n) is 6.25. The predicted octanol–water partition coefficient (Wildman–Crippen LogP) is 3.87. The number of ether oxygens (including phenoxy) is 1. The minimum atomic E-state index is 0.0261. The van der Waals surface area contributed by atoms with E-state index >= 15 is 0 Å². The summed E-state index contributed by atoms with van der Waals surface area (Å²) in [4.78, 5) is 12.2. The predicted molar refractivity (Wildman–Crippen MR) is 76.6 cm³/mol. The summed E-state index contributed by atoms with van der Waals surface area (Å²) in [5.74, 6) is 0.796. The maximum Gasteiger partial charge on any atom is 0.193 e. The van der Waals surface area contributed by atoms with Gasteiger partial charge in [0, 0.05) is 11.1 Å². The van der Waals surface area contributed by atoms with Gasteiger partial charge in [-0.3, -0.25) is 4.79 Å². The van der Waals surface area contributed by atoms with E-state index in [-0.39, 0.29) is 5.78 Å². The molecule has 0 unspecified atom stereocenters. The van der Waals surface area contributed by atoms with Gasteiger partial charge >= 0.3 is 0 Å². The zero-order valence-electron chi connectivity index (χ0n) is 10.7. The molecule has 0 radical (unpaired) electrons. The van der Waals surface area contributed by atoms with Gasteiger partial charge in [-0.05, 0) is 30.7 Å². The first-order chi connectivity index (χ1) is 9.31. The molecule has 19 heavy (non-hydrogen) atoms. The summed E-state index contributed by atoms with van der Waals surface area (Å²) >= 11 is 0. The minimum Gasteiger partial charge on any atom is -0.493 e. The highest BCUT2D eigenvalue weighted by molar-refractivity contribution is 6.08. The number of hydrogen-bond acceptors (Lipinski definition) is 2. The normalized spacial score (nSPS) is 9.89. The number of hydrogen-bond donors (Lipinski definition) is 0. The summed E-state index contributed by atoms with van der Waals surface area (Å²) < 4.78 is 5.50. The molecule has 0 aromatic heterocycles. The van der Waals surface area contributed by atoms with E-state index in [2.05, 4.69) is 6.58 Å². The molecule has 0 N–H and O–H groups in total. The molecule has 96 valence electrons. The summed E-state index contributed by atoms with van der Waals surface area (Å²) in [5.41, 5.74) is 1.37. The van der Waals surface area contributed by atoms with Crippen molar-refractivity contribution in [3.05, 3.63) is 78.4 Å². The number of carbonyl (C=O) groups excluding carboxylic acids is 1. The number of ketones is 1. The quantitative estimate of drug-likeness (QED) is 0.443. The molecule has 0 aliphatic carbocycles. The van der Waals surface area contributed by atoms with E-state index in [0.29, 0.717) is 17.7 Å². The Morgan fingerprint density at radius 2 is 1.63 bits per heavy atom. The molecule has 2 rings (SSSR count). The molecule has 0 saturated carbocycles. The largest absolute Gasteiger partial charge is 0.493 e. The zero-order valence-corrected chi connectivity index (χ0v) is 10.7. The van der Waals surface area contributed by atoms with E-state index in [1.54, 1.807) is 12.1 Å². The molecular formula is C17H16O2. The molecule has 0 amide bonds. The van der Waals surface area contributed by atoms with Crippen molar-refractivity contribution < 1.29 is 9.53 Å². The second kappa shape index (κ2) is 6.55. The van der Waals surface area contributed by atoms with Gasteiger partial charge in [-0.2, -0.15) is 0 Å². The molecule has 0 fully saturated rings. The van der Waals surface area contributed by atoms with Crippen LogP contribution in [0.2, 0.25) is 0 Å². The van der Waals surface area contributed by atoms with Crippen molar-refractivity contribution in [2.45, 2.75) is 6.42 Å². The Labute approximate surface area is 113 Å². The summed E-state index contributed by atoms with van der Waals surface area (Å²) in [6, 6.07) is 16.5. The molecule has 0 bridgehead atoms. The average Bonchev–Trinajstić information content (AvgIpc) is 2.48. The van der Waals surface area contributed by atoms with Crippen molar-refractivity contribution in [3.8, 4) is 5.75 Å². The van der Waals surface area contributed by atoms with Crippen molar-refractivity contribution in [2.24, 2.45) is 0 Å². The van der Waals surface area contributed by atoms with Crippen LogP contribution in [0.25, 0.3) is 0 Å². The number of carbonyl (C=O) groups is 1. The van der Waals surface area contributed by atoms with Gasteiger partial charge in [0.1, 0.15) is 5.75 Å². The van der Waals surface area contributed by atoms with Gasteiger partial charge in [-0.25, -0.2) is 0 Å². The van der Waals surface area contributed by atoms with Crippen LogP contribution in [-0.2, 0) is 0 Å². The van der Waals surface area contributed by atoms with E-state index in [4.69, 9.17) is 4.74 Å². The van der Waals surface area contributed by atoms with Crippen LogP contribution in [0.5, 0.6) is 5.75 Å². The standard InChI is InChI=1S/C17H16O2/c1-2-3-13-19-16-11-9-15(10-12-16)17(18)14-7-5-4-6-8-14/h2,4-12H,1,3,13H2. The lowest BCUT2D eigenvalue weighted by molar-refractivity contribution is 0.103. The molecule has 0 saturated heterocycles. The summed E-state index contributed by atoms with van der Waals surface area (Å²) in [6.07, 6.45) is 2.62. The van der Waals surface area contributed by atoms with Gasteiger partial charge in [0.15, 0.2) is 5.78 Å². The van der Waals surface area contributed by atoms with Gasteiger partial charge in [0.25, 0.3) is 0 Å². The fraction of sp³-hybridized carbons (Fsp3) is 0.118. The molecule has 0 atom stereocenters. The monoisotopic (exact) mass is 252 g/mol. The van der Waals surface area contributed by atoms with Gasteiger partial charge in [-0.15, -0.1) is 6.58 Å². The Hall–Kier alpha value is -2.35. The molecule has 0 aliphatic heterocycles. The Kier molecular flexibility index (Phi) is 4.51. The topological polar surface area (TPSA) is 26.3 Å². The van der Waals surface area contributed by atoms with Crippen LogP contribution in [0.3, 0.4) is 0 Å². The summed E-state index contributed by atoms with van der Waals surface area (Å²) in [6.45, 7) is 4.24. The maximum absolute atomic E-state index is 12.2. The molecule has 0 aliphatic rings. The summed E-state index contributed by atoms with van der Waals surface area (Å²) in [7, 11) is 0. The van der Waals surface area contributed by atoms with E-state index in [1.165, 1.54) is 0 Å². The Bertz CT molecular complexity index is 541. The molecule has 2 nitrogen and oxygen atoms in total. The lowest BCUT2D eigenvalue weighted by atomic mass is 10.0. The van der Waals surface area contributed by atoms with E-state index in [9.17, 15) is 4.79 Å². The third-order valence-electron chi connectivity index (χ3n) is 2.74. The maximum atomic E-state index is 12.2. The zero-order chi connectivity index (χ0) is 13.5. The van der Waals surface area contributed by atoms with Crippen LogP contribution in [0, 0.1) is 0 Å². The Morgan fingerprint density at radius 1 is 1.00 bits per heavy atom. The SMILES string of the molecule is C=CCCOc1ccc(C(=O)c2ccccc2)cc1.